The molecule has 1 unspecified atom stereocenters. The van der Waals surface area contributed by atoms with Crippen LogP contribution in [0.5, 0.6) is 0 Å². The Hall–Kier alpha value is -1.39. The molecule has 2 aliphatic rings. The molecule has 4 nitrogen and oxygen atoms in total. The molecular formula is C15H20N2O2. The lowest BCUT2D eigenvalue weighted by Crippen LogP contribution is -2.58. The van der Waals surface area contributed by atoms with E-state index in [0.29, 0.717) is 13.2 Å². The number of rotatable bonds is 2. The van der Waals surface area contributed by atoms with Crippen molar-refractivity contribution in [2.24, 2.45) is 0 Å². The maximum Gasteiger partial charge on any atom is 0.253 e. The van der Waals surface area contributed by atoms with Gasteiger partial charge in [-0.3, -0.25) is 4.79 Å². The van der Waals surface area contributed by atoms with Crippen LogP contribution >= 0.6 is 0 Å². The van der Waals surface area contributed by atoms with Crippen LogP contribution < -0.4 is 10.6 Å². The highest BCUT2D eigenvalue weighted by molar-refractivity contribution is 5.85. The quantitative estimate of drug-likeness (QED) is 0.821. The normalized spacial score (nSPS) is 27.0. The fourth-order valence-corrected chi connectivity index (χ4v) is 2.87. The van der Waals surface area contributed by atoms with Crippen LogP contribution in [0.3, 0.4) is 0 Å². The average Bonchev–Trinajstić information content (AvgIpc) is 2.81. The van der Waals surface area contributed by atoms with Crippen LogP contribution in [0.2, 0.25) is 0 Å². The van der Waals surface area contributed by atoms with Crippen LogP contribution in [-0.2, 0) is 22.4 Å². The fraction of sp³-hybridized carbons (Fsp3) is 0.533. The van der Waals surface area contributed by atoms with Gasteiger partial charge in [-0.1, -0.05) is 24.3 Å². The van der Waals surface area contributed by atoms with E-state index < -0.39 is 5.60 Å². The van der Waals surface area contributed by atoms with Gasteiger partial charge in [-0.25, -0.2) is 0 Å². The van der Waals surface area contributed by atoms with Gasteiger partial charge in [-0.2, -0.15) is 0 Å². The fourth-order valence-electron chi connectivity index (χ4n) is 2.87. The van der Waals surface area contributed by atoms with Gasteiger partial charge < -0.3 is 15.4 Å². The van der Waals surface area contributed by atoms with Gasteiger partial charge in [0.1, 0.15) is 0 Å². The van der Waals surface area contributed by atoms with Crippen LogP contribution in [-0.4, -0.2) is 37.2 Å². The molecule has 2 N–H and O–H groups in total. The third-order valence-electron chi connectivity index (χ3n) is 4.03. The predicted molar refractivity (Wildman–Crippen MR) is 73.0 cm³/mol. The molecule has 3 rings (SSSR count). The molecule has 1 aromatic rings. The van der Waals surface area contributed by atoms with E-state index in [1.165, 1.54) is 11.1 Å². The Morgan fingerprint density at radius 1 is 1.37 bits per heavy atom. The molecular weight excluding hydrogens is 240 g/mol. The van der Waals surface area contributed by atoms with Crippen LogP contribution in [0.15, 0.2) is 24.3 Å². The Labute approximate surface area is 113 Å². The lowest BCUT2D eigenvalue weighted by Gasteiger charge is -2.33. The summed E-state index contributed by atoms with van der Waals surface area (Å²) < 4.78 is 5.64. The number of hydrogen-bond donors (Lipinski definition) is 2. The molecule has 0 saturated carbocycles. The predicted octanol–water partition coefficient (Wildman–Crippen LogP) is 0.648. The van der Waals surface area contributed by atoms with E-state index in [-0.39, 0.29) is 11.9 Å². The molecule has 1 saturated heterocycles. The second kappa shape index (κ2) is 4.94. The summed E-state index contributed by atoms with van der Waals surface area (Å²) in [6, 6.07) is 8.59. The third-order valence-corrected chi connectivity index (χ3v) is 4.03. The molecule has 1 fully saturated rings. The van der Waals surface area contributed by atoms with Crippen molar-refractivity contribution >= 4 is 5.91 Å². The first-order valence-electron chi connectivity index (χ1n) is 6.90. The van der Waals surface area contributed by atoms with E-state index >= 15 is 0 Å². The number of carbonyl (C=O) groups is 1. The Bertz CT molecular complexity index is 456. The Morgan fingerprint density at radius 2 is 2.05 bits per heavy atom. The monoisotopic (exact) mass is 260 g/mol. The average molecular weight is 260 g/mol. The number of nitrogens with one attached hydrogen (secondary N) is 2. The minimum Gasteiger partial charge on any atom is -0.363 e. The van der Waals surface area contributed by atoms with Crippen molar-refractivity contribution in [1.82, 2.24) is 10.6 Å². The second-order valence-corrected chi connectivity index (χ2v) is 5.60. The van der Waals surface area contributed by atoms with Gasteiger partial charge in [0.05, 0.1) is 6.61 Å². The van der Waals surface area contributed by atoms with Crippen molar-refractivity contribution in [2.75, 3.05) is 19.7 Å². The molecule has 0 aromatic heterocycles. The molecule has 1 aromatic carbocycles. The molecule has 1 atom stereocenters. The van der Waals surface area contributed by atoms with Gasteiger partial charge in [-0.05, 0) is 30.9 Å². The molecule has 102 valence electrons. The molecule has 0 radical (unpaired) electrons. The Morgan fingerprint density at radius 3 is 2.63 bits per heavy atom. The number of carbonyl (C=O) groups excluding carboxylic acids is 1. The summed E-state index contributed by atoms with van der Waals surface area (Å²) in [5, 5.41) is 6.34. The maximum absolute atomic E-state index is 12.4. The third kappa shape index (κ3) is 2.51. The van der Waals surface area contributed by atoms with Crippen molar-refractivity contribution < 1.29 is 9.53 Å². The molecule has 0 bridgehead atoms. The van der Waals surface area contributed by atoms with Crippen LogP contribution in [0.4, 0.5) is 0 Å². The lowest BCUT2D eigenvalue weighted by molar-refractivity contribution is -0.148. The zero-order valence-corrected chi connectivity index (χ0v) is 11.2. The van der Waals surface area contributed by atoms with Crippen molar-refractivity contribution in [1.29, 1.82) is 0 Å². The number of amides is 1. The van der Waals surface area contributed by atoms with Crippen molar-refractivity contribution in [3.8, 4) is 0 Å². The number of morpholine rings is 1. The maximum atomic E-state index is 12.4. The highest BCUT2D eigenvalue weighted by Gasteiger charge is 2.37. The first-order chi connectivity index (χ1) is 9.17. The number of fused-ring (bicyclic) bond motifs is 1. The summed E-state index contributed by atoms with van der Waals surface area (Å²) in [4.78, 5) is 12.4. The summed E-state index contributed by atoms with van der Waals surface area (Å²) in [6.45, 7) is 3.85. The van der Waals surface area contributed by atoms with Gasteiger partial charge in [0.15, 0.2) is 5.60 Å². The molecule has 1 aliphatic carbocycles. The molecule has 0 spiro atoms. The minimum absolute atomic E-state index is 0.00231. The van der Waals surface area contributed by atoms with Gasteiger partial charge in [0.25, 0.3) is 5.91 Å². The first kappa shape index (κ1) is 12.6. The summed E-state index contributed by atoms with van der Waals surface area (Å²) in [5.74, 6) is -0.00231. The summed E-state index contributed by atoms with van der Waals surface area (Å²) in [6.07, 6.45) is 1.84. The minimum atomic E-state index is -0.729. The van der Waals surface area contributed by atoms with Crippen molar-refractivity contribution in [3.63, 3.8) is 0 Å². The van der Waals surface area contributed by atoms with E-state index in [9.17, 15) is 4.79 Å². The summed E-state index contributed by atoms with van der Waals surface area (Å²) in [5.41, 5.74) is 1.97. The van der Waals surface area contributed by atoms with E-state index in [4.69, 9.17) is 4.74 Å². The first-order valence-corrected chi connectivity index (χ1v) is 6.90. The highest BCUT2D eigenvalue weighted by Crippen LogP contribution is 2.22. The van der Waals surface area contributed by atoms with E-state index in [1.807, 2.05) is 6.92 Å². The Balaban J connectivity index is 1.63. The summed E-state index contributed by atoms with van der Waals surface area (Å²) >= 11 is 0. The number of benzene rings is 1. The lowest BCUT2D eigenvalue weighted by atomic mass is 10.0. The highest BCUT2D eigenvalue weighted by atomic mass is 16.5. The zero-order valence-electron chi connectivity index (χ0n) is 11.2. The van der Waals surface area contributed by atoms with Crippen LogP contribution in [0, 0.1) is 0 Å². The van der Waals surface area contributed by atoms with Gasteiger partial charge in [0.2, 0.25) is 0 Å². The van der Waals surface area contributed by atoms with Crippen LogP contribution in [0.1, 0.15) is 18.1 Å². The van der Waals surface area contributed by atoms with E-state index in [2.05, 4.69) is 34.9 Å². The molecule has 4 heteroatoms. The smallest absolute Gasteiger partial charge is 0.253 e. The standard InChI is InChI=1S/C15H20N2O2/c1-15(10-16-6-7-19-15)14(18)17-13-8-11-4-2-3-5-12(11)9-13/h2-5,13,16H,6-10H2,1H3,(H,17,18). The SMILES string of the molecule is CC1(C(=O)NC2Cc3ccccc3C2)CNCCO1. The van der Waals surface area contributed by atoms with Gasteiger partial charge >= 0.3 is 0 Å². The Kier molecular flexibility index (Phi) is 3.29. The van der Waals surface area contributed by atoms with Gasteiger partial charge in [0, 0.05) is 19.1 Å². The van der Waals surface area contributed by atoms with Crippen molar-refractivity contribution in [2.45, 2.75) is 31.4 Å². The van der Waals surface area contributed by atoms with E-state index in [0.717, 1.165) is 19.4 Å². The number of ether oxygens (including phenoxy) is 1. The topological polar surface area (TPSA) is 50.4 Å². The molecule has 19 heavy (non-hydrogen) atoms. The second-order valence-electron chi connectivity index (χ2n) is 5.60. The molecule has 1 amide bonds. The largest absolute Gasteiger partial charge is 0.363 e. The zero-order chi connectivity index (χ0) is 13.3. The molecule has 1 heterocycles. The van der Waals surface area contributed by atoms with Gasteiger partial charge in [-0.15, -0.1) is 0 Å². The molecule has 1 aliphatic heterocycles. The van der Waals surface area contributed by atoms with E-state index in [1.54, 1.807) is 0 Å². The summed E-state index contributed by atoms with van der Waals surface area (Å²) in [7, 11) is 0. The van der Waals surface area contributed by atoms with Crippen molar-refractivity contribution in [3.05, 3.63) is 35.4 Å². The van der Waals surface area contributed by atoms with Crippen LogP contribution in [0.25, 0.3) is 0 Å². The number of hydrogen-bond acceptors (Lipinski definition) is 3.